The van der Waals surface area contributed by atoms with Crippen LogP contribution in [0.25, 0.3) is 4.96 Å². The quantitative estimate of drug-likeness (QED) is 0.893. The predicted octanol–water partition coefficient (Wildman–Crippen LogP) is 2.83. The molecule has 0 aliphatic heterocycles. The van der Waals surface area contributed by atoms with Crippen LogP contribution < -0.4 is 5.32 Å². The van der Waals surface area contributed by atoms with Gasteiger partial charge in [-0.25, -0.2) is 4.98 Å². The molecule has 0 radical (unpaired) electrons. The van der Waals surface area contributed by atoms with E-state index in [-0.39, 0.29) is 0 Å². The van der Waals surface area contributed by atoms with Crippen molar-refractivity contribution in [2.24, 2.45) is 5.92 Å². The predicted molar refractivity (Wildman–Crippen MR) is 84.8 cm³/mol. The number of rotatable bonds is 5. The first-order chi connectivity index (χ1) is 10.3. The summed E-state index contributed by atoms with van der Waals surface area (Å²) in [6.45, 7) is 3.36. The van der Waals surface area contributed by atoms with Crippen molar-refractivity contribution in [2.45, 2.75) is 57.5 Å². The highest BCUT2D eigenvalue weighted by Crippen LogP contribution is 2.42. The van der Waals surface area contributed by atoms with Crippen LogP contribution in [0.1, 0.15) is 55.1 Å². The van der Waals surface area contributed by atoms with Gasteiger partial charge >= 0.3 is 0 Å². The molecule has 0 amide bonds. The highest BCUT2D eigenvalue weighted by atomic mass is 32.1. The highest BCUT2D eigenvalue weighted by molar-refractivity contribution is 7.15. The Morgan fingerprint density at radius 1 is 1.38 bits per heavy atom. The van der Waals surface area contributed by atoms with Crippen LogP contribution in [-0.4, -0.2) is 27.1 Å². The van der Waals surface area contributed by atoms with Gasteiger partial charge in [-0.2, -0.15) is 0 Å². The van der Waals surface area contributed by atoms with E-state index in [1.807, 2.05) is 0 Å². The van der Waals surface area contributed by atoms with Crippen molar-refractivity contribution in [3.05, 3.63) is 22.5 Å². The molecule has 2 N–H and O–H groups in total. The lowest BCUT2D eigenvalue weighted by Gasteiger charge is -2.13. The number of thiazole rings is 1. The van der Waals surface area contributed by atoms with Crippen LogP contribution in [0.4, 0.5) is 0 Å². The summed E-state index contributed by atoms with van der Waals surface area (Å²) < 4.78 is 2.39. The maximum absolute atomic E-state index is 9.26. The number of hydrogen-bond donors (Lipinski definition) is 2. The van der Waals surface area contributed by atoms with Gasteiger partial charge in [-0.1, -0.05) is 0 Å². The van der Waals surface area contributed by atoms with E-state index in [0.717, 1.165) is 36.0 Å². The second kappa shape index (κ2) is 5.38. The average Bonchev–Trinajstić information content (AvgIpc) is 2.95. The molecule has 2 atom stereocenters. The van der Waals surface area contributed by atoms with Gasteiger partial charge < -0.3 is 10.4 Å². The molecule has 4 rings (SSSR count). The second-order valence-electron chi connectivity index (χ2n) is 6.64. The van der Waals surface area contributed by atoms with Crippen LogP contribution in [-0.2, 0) is 6.54 Å². The van der Waals surface area contributed by atoms with Gasteiger partial charge in [0.2, 0.25) is 0 Å². The molecule has 0 aromatic carbocycles. The Kier molecular flexibility index (Phi) is 3.52. The Morgan fingerprint density at radius 2 is 2.24 bits per heavy atom. The minimum absolute atomic E-state index is 0.338. The van der Waals surface area contributed by atoms with Gasteiger partial charge in [-0.3, -0.25) is 4.40 Å². The summed E-state index contributed by atoms with van der Waals surface area (Å²) in [5.41, 5.74) is 3.96. The SMILES string of the molecule is Cc1nc2scc(C3CC3)n2c1CN[C@H]1CC[C@@H](CO)C1. The number of nitrogens with zero attached hydrogens (tertiary/aromatic N) is 2. The van der Waals surface area contributed by atoms with Crippen molar-refractivity contribution >= 4 is 16.3 Å². The van der Waals surface area contributed by atoms with Crippen molar-refractivity contribution in [1.82, 2.24) is 14.7 Å². The number of aliphatic hydroxyl groups excluding tert-OH is 1. The molecule has 2 aromatic heterocycles. The van der Waals surface area contributed by atoms with E-state index in [4.69, 9.17) is 4.98 Å². The van der Waals surface area contributed by atoms with Gasteiger partial charge in [0.25, 0.3) is 0 Å². The van der Waals surface area contributed by atoms with E-state index in [1.54, 1.807) is 11.3 Å². The zero-order chi connectivity index (χ0) is 14.4. The van der Waals surface area contributed by atoms with Crippen LogP contribution in [0, 0.1) is 12.8 Å². The smallest absolute Gasteiger partial charge is 0.194 e. The molecule has 21 heavy (non-hydrogen) atoms. The number of imidazole rings is 1. The fourth-order valence-electron chi connectivity index (χ4n) is 3.58. The van der Waals surface area contributed by atoms with E-state index in [2.05, 4.69) is 22.0 Å². The summed E-state index contributed by atoms with van der Waals surface area (Å²) in [5.74, 6) is 1.26. The van der Waals surface area contributed by atoms with Crippen LogP contribution in [0.3, 0.4) is 0 Å². The van der Waals surface area contributed by atoms with Gasteiger partial charge in [0.15, 0.2) is 4.96 Å². The van der Waals surface area contributed by atoms with Crippen molar-refractivity contribution in [3.8, 4) is 0 Å². The first-order valence-corrected chi connectivity index (χ1v) is 8.93. The maximum Gasteiger partial charge on any atom is 0.194 e. The number of aryl methyl sites for hydroxylation is 1. The summed E-state index contributed by atoms with van der Waals surface area (Å²) in [5, 5.41) is 15.2. The standard InChI is InChI=1S/C16H23N3OS/c1-10-14(7-17-13-5-2-11(6-13)8-20)19-15(12-3-4-12)9-21-16(19)18-10/h9,11-13,17,20H,2-8H2,1H3/t11-,13+/m1/s1. The minimum atomic E-state index is 0.338. The molecule has 114 valence electrons. The molecular weight excluding hydrogens is 282 g/mol. The molecule has 2 aliphatic carbocycles. The van der Waals surface area contributed by atoms with E-state index < -0.39 is 0 Å². The van der Waals surface area contributed by atoms with Gasteiger partial charge in [0, 0.05) is 36.2 Å². The Bertz CT molecular complexity index is 643. The van der Waals surface area contributed by atoms with Crippen molar-refractivity contribution in [1.29, 1.82) is 0 Å². The first-order valence-electron chi connectivity index (χ1n) is 8.05. The monoisotopic (exact) mass is 305 g/mol. The molecule has 2 aromatic rings. The van der Waals surface area contributed by atoms with Crippen LogP contribution in [0.5, 0.6) is 0 Å². The Labute approximate surface area is 129 Å². The summed E-state index contributed by atoms with van der Waals surface area (Å²) in [6.07, 6.45) is 6.11. The van der Waals surface area contributed by atoms with Gasteiger partial charge in [0.1, 0.15) is 0 Å². The van der Waals surface area contributed by atoms with Crippen LogP contribution in [0.2, 0.25) is 0 Å². The Hall–Kier alpha value is -0.910. The van der Waals surface area contributed by atoms with E-state index in [9.17, 15) is 5.11 Å². The normalized spacial score (nSPS) is 26.0. The minimum Gasteiger partial charge on any atom is -0.396 e. The summed E-state index contributed by atoms with van der Waals surface area (Å²) >= 11 is 1.77. The van der Waals surface area contributed by atoms with E-state index in [0.29, 0.717) is 18.6 Å². The summed E-state index contributed by atoms with van der Waals surface area (Å²) in [6, 6.07) is 0.551. The average molecular weight is 305 g/mol. The molecule has 4 nitrogen and oxygen atoms in total. The lowest BCUT2D eigenvalue weighted by Crippen LogP contribution is -2.27. The number of aliphatic hydroxyl groups is 1. The molecule has 2 aliphatic rings. The van der Waals surface area contributed by atoms with Crippen molar-refractivity contribution in [2.75, 3.05) is 6.61 Å². The number of aromatic nitrogens is 2. The molecule has 0 bridgehead atoms. The topological polar surface area (TPSA) is 49.6 Å². The molecule has 0 saturated heterocycles. The van der Waals surface area contributed by atoms with Gasteiger partial charge in [-0.15, -0.1) is 11.3 Å². The van der Waals surface area contributed by atoms with E-state index in [1.165, 1.54) is 30.7 Å². The second-order valence-corrected chi connectivity index (χ2v) is 7.47. The van der Waals surface area contributed by atoms with Crippen molar-refractivity contribution < 1.29 is 5.11 Å². The number of nitrogens with one attached hydrogen (secondary N) is 1. The fourth-order valence-corrected chi connectivity index (χ4v) is 4.61. The van der Waals surface area contributed by atoms with Gasteiger partial charge in [0.05, 0.1) is 11.4 Å². The lowest BCUT2D eigenvalue weighted by molar-refractivity contribution is 0.227. The summed E-state index contributed by atoms with van der Waals surface area (Å²) in [4.78, 5) is 5.87. The molecule has 2 heterocycles. The zero-order valence-corrected chi connectivity index (χ0v) is 13.3. The highest BCUT2D eigenvalue weighted by Gasteiger charge is 2.29. The third-order valence-corrected chi connectivity index (χ3v) is 5.88. The fraction of sp³-hybridized carbons (Fsp3) is 0.688. The van der Waals surface area contributed by atoms with Crippen LogP contribution >= 0.6 is 11.3 Å². The first kappa shape index (κ1) is 13.7. The Balaban J connectivity index is 1.53. The molecule has 0 spiro atoms. The number of hydrogen-bond acceptors (Lipinski definition) is 4. The molecular formula is C16H23N3OS. The third-order valence-electron chi connectivity index (χ3n) is 5.04. The molecule has 5 heteroatoms. The Morgan fingerprint density at radius 3 is 2.95 bits per heavy atom. The number of fused-ring (bicyclic) bond motifs is 1. The molecule has 0 unspecified atom stereocenters. The molecule has 2 saturated carbocycles. The lowest BCUT2D eigenvalue weighted by atomic mass is 10.1. The maximum atomic E-state index is 9.26. The zero-order valence-electron chi connectivity index (χ0n) is 12.5. The van der Waals surface area contributed by atoms with Crippen molar-refractivity contribution in [3.63, 3.8) is 0 Å². The van der Waals surface area contributed by atoms with E-state index >= 15 is 0 Å². The largest absolute Gasteiger partial charge is 0.396 e. The van der Waals surface area contributed by atoms with Gasteiger partial charge in [-0.05, 0) is 44.9 Å². The summed E-state index contributed by atoms with van der Waals surface area (Å²) in [7, 11) is 0. The third kappa shape index (κ3) is 2.51. The van der Waals surface area contributed by atoms with Crippen LogP contribution in [0.15, 0.2) is 5.38 Å². The molecule has 2 fully saturated rings.